The topological polar surface area (TPSA) is 61.8 Å². The normalized spacial score (nSPS) is 29.8. The summed E-state index contributed by atoms with van der Waals surface area (Å²) in [5.41, 5.74) is -0.443. The second kappa shape index (κ2) is 7.84. The molecule has 0 aromatic rings. The number of carbonyl (C=O) groups is 1. The number of nitrogens with zero attached hydrogens (tertiary/aromatic N) is 1. The zero-order valence-corrected chi connectivity index (χ0v) is 15.2. The Hall–Kier alpha value is -0.810. The molecule has 5 heteroatoms. The fourth-order valence-electron chi connectivity index (χ4n) is 4.04. The number of aliphatic hydroxyl groups is 1. The Labute approximate surface area is 140 Å². The van der Waals surface area contributed by atoms with E-state index in [-0.39, 0.29) is 24.8 Å². The first-order valence-electron chi connectivity index (χ1n) is 9.22. The van der Waals surface area contributed by atoms with Gasteiger partial charge in [0, 0.05) is 24.7 Å². The molecule has 2 fully saturated rings. The van der Waals surface area contributed by atoms with Crippen molar-refractivity contribution in [3.63, 3.8) is 0 Å². The summed E-state index contributed by atoms with van der Waals surface area (Å²) in [5, 5.41) is 13.1. The van der Waals surface area contributed by atoms with E-state index in [0.717, 1.165) is 38.6 Å². The lowest BCUT2D eigenvalue weighted by Gasteiger charge is -2.35. The molecule has 2 aliphatic rings. The molecule has 0 aromatic carbocycles. The van der Waals surface area contributed by atoms with Gasteiger partial charge in [-0.15, -0.1) is 0 Å². The maximum absolute atomic E-state index is 12.5. The maximum atomic E-state index is 12.5. The minimum Gasteiger partial charge on any atom is -0.444 e. The summed E-state index contributed by atoms with van der Waals surface area (Å²) in [6, 6.07) is 0.846. The lowest BCUT2D eigenvalue weighted by atomic mass is 9.91. The molecule has 1 aliphatic heterocycles. The van der Waals surface area contributed by atoms with Gasteiger partial charge >= 0.3 is 6.09 Å². The van der Waals surface area contributed by atoms with Crippen LogP contribution in [0.3, 0.4) is 0 Å². The molecule has 1 amide bonds. The van der Waals surface area contributed by atoms with E-state index in [1.807, 2.05) is 25.7 Å². The molecule has 1 heterocycles. The second-order valence-corrected chi connectivity index (χ2v) is 8.04. The van der Waals surface area contributed by atoms with E-state index in [1.165, 1.54) is 6.42 Å². The Morgan fingerprint density at radius 3 is 2.65 bits per heavy atom. The summed E-state index contributed by atoms with van der Waals surface area (Å²) in [4.78, 5) is 14.5. The van der Waals surface area contributed by atoms with E-state index in [0.29, 0.717) is 12.0 Å². The second-order valence-electron chi connectivity index (χ2n) is 8.04. The highest BCUT2D eigenvalue weighted by molar-refractivity contribution is 5.69. The minimum atomic E-state index is -0.443. The molecule has 0 spiro atoms. The van der Waals surface area contributed by atoms with Gasteiger partial charge in [0.25, 0.3) is 0 Å². The molecule has 0 radical (unpaired) electrons. The van der Waals surface area contributed by atoms with Crippen molar-refractivity contribution in [1.82, 2.24) is 10.2 Å². The van der Waals surface area contributed by atoms with Crippen molar-refractivity contribution in [1.29, 1.82) is 0 Å². The molecule has 2 N–H and O–H groups in total. The third-order valence-electron chi connectivity index (χ3n) is 5.15. The van der Waals surface area contributed by atoms with Crippen LogP contribution in [0, 0.1) is 5.92 Å². The van der Waals surface area contributed by atoms with Crippen LogP contribution in [-0.4, -0.2) is 53.0 Å². The van der Waals surface area contributed by atoms with Gasteiger partial charge in [0.2, 0.25) is 0 Å². The first-order chi connectivity index (χ1) is 10.9. The van der Waals surface area contributed by atoms with Crippen molar-refractivity contribution >= 4 is 6.09 Å². The molecule has 0 aromatic heterocycles. The molecular weight excluding hydrogens is 292 g/mol. The number of hydrogen-bond donors (Lipinski definition) is 2. The SMILES string of the molecule is CC[C@@H](CO)NC1CCCC1C1CCCN1C(=O)OC(C)(C)C. The summed E-state index contributed by atoms with van der Waals surface area (Å²) in [6.07, 6.45) is 6.38. The van der Waals surface area contributed by atoms with Gasteiger partial charge in [-0.25, -0.2) is 4.79 Å². The van der Waals surface area contributed by atoms with Crippen molar-refractivity contribution in [3.05, 3.63) is 0 Å². The molecule has 1 saturated carbocycles. The number of aliphatic hydroxyl groups excluding tert-OH is 1. The quantitative estimate of drug-likeness (QED) is 0.815. The number of hydrogen-bond acceptors (Lipinski definition) is 4. The molecule has 3 unspecified atom stereocenters. The molecule has 4 atom stereocenters. The Bertz CT molecular complexity index is 390. The summed E-state index contributed by atoms with van der Waals surface area (Å²) in [6.45, 7) is 8.84. The average molecular weight is 326 g/mol. The molecular formula is C18H34N2O3. The highest BCUT2D eigenvalue weighted by Gasteiger charge is 2.42. The third kappa shape index (κ3) is 4.83. The Balaban J connectivity index is 2.01. The molecule has 134 valence electrons. The average Bonchev–Trinajstić information content (AvgIpc) is 3.11. The van der Waals surface area contributed by atoms with Gasteiger partial charge in [-0.1, -0.05) is 13.3 Å². The van der Waals surface area contributed by atoms with Crippen LogP contribution in [-0.2, 0) is 4.74 Å². The molecule has 1 aliphatic carbocycles. The number of likely N-dealkylation sites (tertiary alicyclic amines) is 1. The fourth-order valence-corrected chi connectivity index (χ4v) is 4.04. The molecule has 0 bridgehead atoms. The number of ether oxygens (including phenoxy) is 1. The van der Waals surface area contributed by atoms with Crippen LogP contribution >= 0.6 is 0 Å². The lowest BCUT2D eigenvalue weighted by Crippen LogP contribution is -2.50. The van der Waals surface area contributed by atoms with Crippen LogP contribution in [0.25, 0.3) is 0 Å². The van der Waals surface area contributed by atoms with E-state index < -0.39 is 5.60 Å². The Morgan fingerprint density at radius 2 is 2.04 bits per heavy atom. The Morgan fingerprint density at radius 1 is 1.30 bits per heavy atom. The van der Waals surface area contributed by atoms with Gasteiger partial charge in [-0.3, -0.25) is 0 Å². The van der Waals surface area contributed by atoms with Crippen molar-refractivity contribution < 1.29 is 14.6 Å². The third-order valence-corrected chi connectivity index (χ3v) is 5.15. The van der Waals surface area contributed by atoms with Gasteiger partial charge in [-0.05, 0) is 58.8 Å². The number of amides is 1. The fraction of sp³-hybridized carbons (Fsp3) is 0.944. The van der Waals surface area contributed by atoms with Crippen LogP contribution in [0.1, 0.15) is 66.2 Å². The van der Waals surface area contributed by atoms with Gasteiger partial charge in [-0.2, -0.15) is 0 Å². The van der Waals surface area contributed by atoms with Crippen LogP contribution in [0.5, 0.6) is 0 Å². The highest BCUT2D eigenvalue weighted by atomic mass is 16.6. The van der Waals surface area contributed by atoms with Crippen LogP contribution in [0.2, 0.25) is 0 Å². The van der Waals surface area contributed by atoms with Gasteiger partial charge in [0.15, 0.2) is 0 Å². The molecule has 2 rings (SSSR count). The van der Waals surface area contributed by atoms with E-state index in [4.69, 9.17) is 4.74 Å². The molecule has 1 saturated heterocycles. The van der Waals surface area contributed by atoms with E-state index in [2.05, 4.69) is 12.2 Å². The highest BCUT2D eigenvalue weighted by Crippen LogP contribution is 2.36. The predicted octanol–water partition coefficient (Wildman–Crippen LogP) is 2.92. The predicted molar refractivity (Wildman–Crippen MR) is 91.4 cm³/mol. The monoisotopic (exact) mass is 326 g/mol. The van der Waals surface area contributed by atoms with Gasteiger partial charge in [0.1, 0.15) is 5.60 Å². The van der Waals surface area contributed by atoms with Crippen molar-refractivity contribution in [3.8, 4) is 0 Å². The standard InChI is InChI=1S/C18H34N2O3/c1-5-13(12-21)19-15-9-6-8-14(15)16-10-7-11-20(16)17(22)23-18(2,3)4/h13-16,19,21H,5-12H2,1-4H3/t13-,14?,15?,16?/m0/s1. The van der Waals surface area contributed by atoms with E-state index in [9.17, 15) is 9.90 Å². The van der Waals surface area contributed by atoms with E-state index >= 15 is 0 Å². The number of rotatable bonds is 5. The largest absolute Gasteiger partial charge is 0.444 e. The van der Waals surface area contributed by atoms with Crippen molar-refractivity contribution in [2.24, 2.45) is 5.92 Å². The zero-order valence-electron chi connectivity index (χ0n) is 15.2. The molecule has 23 heavy (non-hydrogen) atoms. The maximum Gasteiger partial charge on any atom is 0.410 e. The Kier molecular flexibility index (Phi) is 6.32. The van der Waals surface area contributed by atoms with Gasteiger partial charge in [0.05, 0.1) is 6.61 Å². The molecule has 5 nitrogen and oxygen atoms in total. The summed E-state index contributed by atoms with van der Waals surface area (Å²) in [7, 11) is 0. The number of carbonyl (C=O) groups excluding carboxylic acids is 1. The minimum absolute atomic E-state index is 0.164. The smallest absolute Gasteiger partial charge is 0.410 e. The lowest BCUT2D eigenvalue weighted by molar-refractivity contribution is 0.0163. The summed E-state index contributed by atoms with van der Waals surface area (Å²) in [5.74, 6) is 0.477. The van der Waals surface area contributed by atoms with Crippen molar-refractivity contribution in [2.45, 2.75) is 89.9 Å². The first kappa shape index (κ1) is 18.5. The summed E-state index contributed by atoms with van der Waals surface area (Å²) >= 11 is 0. The van der Waals surface area contributed by atoms with Crippen LogP contribution < -0.4 is 5.32 Å². The van der Waals surface area contributed by atoms with Crippen molar-refractivity contribution in [2.75, 3.05) is 13.2 Å². The number of nitrogens with one attached hydrogen (secondary N) is 1. The van der Waals surface area contributed by atoms with Gasteiger partial charge < -0.3 is 20.1 Å². The van der Waals surface area contributed by atoms with Crippen LogP contribution in [0.15, 0.2) is 0 Å². The van der Waals surface area contributed by atoms with E-state index in [1.54, 1.807) is 0 Å². The zero-order chi connectivity index (χ0) is 17.0. The van der Waals surface area contributed by atoms with Crippen LogP contribution in [0.4, 0.5) is 4.79 Å². The first-order valence-corrected chi connectivity index (χ1v) is 9.22. The summed E-state index contributed by atoms with van der Waals surface area (Å²) < 4.78 is 5.60.